The van der Waals surface area contributed by atoms with Crippen LogP contribution in [0.4, 0.5) is 5.69 Å². The highest BCUT2D eigenvalue weighted by Gasteiger charge is 2.34. The van der Waals surface area contributed by atoms with Crippen molar-refractivity contribution in [2.24, 2.45) is 0 Å². The Labute approximate surface area is 129 Å². The van der Waals surface area contributed by atoms with Crippen LogP contribution < -0.4 is 9.64 Å². The molecular weight excluding hydrogens is 309 g/mol. The number of carbonyl (C=O) groups is 1. The summed E-state index contributed by atoms with van der Waals surface area (Å²) in [6.07, 6.45) is -0.742. The molecule has 0 spiro atoms. The van der Waals surface area contributed by atoms with Crippen molar-refractivity contribution in [1.29, 1.82) is 0 Å². The number of phosphoric acid groups is 1. The van der Waals surface area contributed by atoms with Gasteiger partial charge in [-0.3, -0.25) is 14.2 Å². The summed E-state index contributed by atoms with van der Waals surface area (Å²) >= 11 is 0. The van der Waals surface area contributed by atoms with E-state index in [9.17, 15) is 9.36 Å². The van der Waals surface area contributed by atoms with E-state index < -0.39 is 26.6 Å². The summed E-state index contributed by atoms with van der Waals surface area (Å²) in [5.41, 5.74) is 1.28. The van der Waals surface area contributed by atoms with E-state index in [0.717, 1.165) is 5.56 Å². The Balaban J connectivity index is 2.41. The molecule has 0 saturated heterocycles. The topological polar surface area (TPSA) is 96.3 Å². The Hall–Kier alpha value is -1.40. The first kappa shape index (κ1) is 17.0. The summed E-state index contributed by atoms with van der Waals surface area (Å²) < 4.78 is 20.9. The lowest BCUT2D eigenvalue weighted by molar-refractivity contribution is -0.126. The molecule has 1 amide bonds. The van der Waals surface area contributed by atoms with E-state index in [1.807, 2.05) is 26.8 Å². The standard InChI is InChI=1S/C14H20NO6P/c1-9-13(16)15(8-20-22(17,18)19)11-7-10(14(2,3)4)5-6-12(11)21-9/h5-7,9H,8H2,1-4H3,(H2,17,18,19). The molecule has 1 aliphatic heterocycles. The van der Waals surface area contributed by atoms with Gasteiger partial charge in [-0.15, -0.1) is 0 Å². The van der Waals surface area contributed by atoms with Crippen molar-refractivity contribution in [3.8, 4) is 5.75 Å². The zero-order chi connectivity index (χ0) is 16.7. The van der Waals surface area contributed by atoms with Crippen LogP contribution >= 0.6 is 7.82 Å². The van der Waals surface area contributed by atoms with Gasteiger partial charge < -0.3 is 14.5 Å². The van der Waals surface area contributed by atoms with E-state index in [2.05, 4.69) is 4.52 Å². The number of hydrogen-bond donors (Lipinski definition) is 2. The highest BCUT2D eigenvalue weighted by Crippen LogP contribution is 2.40. The molecule has 1 aliphatic rings. The largest absolute Gasteiger partial charge is 0.479 e. The lowest BCUT2D eigenvalue weighted by Crippen LogP contribution is -2.45. The van der Waals surface area contributed by atoms with Gasteiger partial charge in [0.2, 0.25) is 0 Å². The van der Waals surface area contributed by atoms with Gasteiger partial charge >= 0.3 is 7.82 Å². The van der Waals surface area contributed by atoms with Crippen LogP contribution in [-0.2, 0) is 19.3 Å². The van der Waals surface area contributed by atoms with Crippen LogP contribution in [0.25, 0.3) is 0 Å². The minimum absolute atomic E-state index is 0.142. The predicted octanol–water partition coefficient (Wildman–Crippen LogP) is 2.16. The molecule has 8 heteroatoms. The summed E-state index contributed by atoms with van der Waals surface area (Å²) in [6.45, 7) is 7.13. The number of anilines is 1. The molecule has 0 bridgehead atoms. The maximum Gasteiger partial charge on any atom is 0.471 e. The molecular formula is C14H20NO6P. The maximum absolute atomic E-state index is 12.2. The smallest absolute Gasteiger partial charge is 0.471 e. The van der Waals surface area contributed by atoms with E-state index in [1.54, 1.807) is 19.1 Å². The second-order valence-electron chi connectivity index (χ2n) is 6.21. The summed E-state index contributed by atoms with van der Waals surface area (Å²) in [7, 11) is -4.67. The SMILES string of the molecule is CC1Oc2ccc(C(C)(C)C)cc2N(COP(=O)(O)O)C1=O. The van der Waals surface area contributed by atoms with E-state index in [4.69, 9.17) is 14.5 Å². The van der Waals surface area contributed by atoms with Crippen molar-refractivity contribution in [2.45, 2.75) is 39.2 Å². The average Bonchev–Trinajstić information content (AvgIpc) is 2.36. The molecule has 0 radical (unpaired) electrons. The van der Waals surface area contributed by atoms with E-state index in [-0.39, 0.29) is 5.41 Å². The van der Waals surface area contributed by atoms with Crippen LogP contribution in [0.1, 0.15) is 33.3 Å². The van der Waals surface area contributed by atoms with Gasteiger partial charge in [-0.1, -0.05) is 26.8 Å². The van der Waals surface area contributed by atoms with Gasteiger partial charge in [-0.2, -0.15) is 0 Å². The Morgan fingerprint density at radius 3 is 2.55 bits per heavy atom. The monoisotopic (exact) mass is 329 g/mol. The van der Waals surface area contributed by atoms with Gasteiger partial charge in [0.25, 0.3) is 5.91 Å². The Morgan fingerprint density at radius 1 is 1.36 bits per heavy atom. The van der Waals surface area contributed by atoms with Crippen molar-refractivity contribution >= 4 is 19.4 Å². The molecule has 1 aromatic carbocycles. The molecule has 0 aromatic heterocycles. The van der Waals surface area contributed by atoms with Crippen LogP contribution in [0.3, 0.4) is 0 Å². The van der Waals surface area contributed by atoms with Gasteiger partial charge in [0.05, 0.1) is 5.69 Å². The second-order valence-corrected chi connectivity index (χ2v) is 7.45. The zero-order valence-corrected chi connectivity index (χ0v) is 13.8. The van der Waals surface area contributed by atoms with Gasteiger partial charge in [-0.25, -0.2) is 4.57 Å². The molecule has 7 nitrogen and oxygen atoms in total. The average molecular weight is 329 g/mol. The van der Waals surface area contributed by atoms with Gasteiger partial charge in [0, 0.05) is 0 Å². The van der Waals surface area contributed by atoms with Crippen molar-refractivity contribution < 1.29 is 28.4 Å². The van der Waals surface area contributed by atoms with E-state index in [0.29, 0.717) is 11.4 Å². The molecule has 1 aromatic rings. The fourth-order valence-electron chi connectivity index (χ4n) is 2.14. The molecule has 1 atom stereocenters. The van der Waals surface area contributed by atoms with Crippen molar-refractivity contribution in [3.05, 3.63) is 23.8 Å². The highest BCUT2D eigenvalue weighted by atomic mass is 31.2. The molecule has 0 aliphatic carbocycles. The van der Waals surface area contributed by atoms with Gasteiger partial charge in [0.15, 0.2) is 6.10 Å². The number of fused-ring (bicyclic) bond motifs is 1. The summed E-state index contributed by atoms with van der Waals surface area (Å²) in [6, 6.07) is 5.44. The third-order valence-electron chi connectivity index (χ3n) is 3.39. The number of rotatable bonds is 3. The number of hydrogen-bond acceptors (Lipinski definition) is 4. The number of benzene rings is 1. The fourth-order valence-corrected chi connectivity index (χ4v) is 2.41. The van der Waals surface area contributed by atoms with Crippen molar-refractivity contribution in [2.75, 3.05) is 11.6 Å². The Bertz CT molecular complexity index is 633. The Kier molecular flexibility index (Phi) is 4.37. The van der Waals surface area contributed by atoms with Crippen LogP contribution in [0.2, 0.25) is 0 Å². The minimum Gasteiger partial charge on any atom is -0.479 e. The third-order valence-corrected chi connectivity index (χ3v) is 3.84. The van der Waals surface area contributed by atoms with Crippen LogP contribution in [0, 0.1) is 0 Å². The molecule has 0 fully saturated rings. The molecule has 2 rings (SSSR count). The fraction of sp³-hybridized carbons (Fsp3) is 0.500. The van der Waals surface area contributed by atoms with E-state index in [1.165, 1.54) is 4.90 Å². The zero-order valence-electron chi connectivity index (χ0n) is 12.9. The first-order valence-electron chi connectivity index (χ1n) is 6.82. The molecule has 122 valence electrons. The summed E-state index contributed by atoms with van der Waals surface area (Å²) in [5, 5.41) is 0. The molecule has 1 heterocycles. The third kappa shape index (κ3) is 3.67. The number of ether oxygens (including phenoxy) is 1. The molecule has 2 N–H and O–H groups in total. The van der Waals surface area contributed by atoms with Crippen LogP contribution in [0.15, 0.2) is 18.2 Å². The predicted molar refractivity (Wildman–Crippen MR) is 80.7 cm³/mol. The van der Waals surface area contributed by atoms with Crippen molar-refractivity contribution in [3.63, 3.8) is 0 Å². The lowest BCUT2D eigenvalue weighted by Gasteiger charge is -2.34. The molecule has 1 unspecified atom stereocenters. The van der Waals surface area contributed by atoms with Crippen LogP contribution in [0.5, 0.6) is 5.75 Å². The summed E-state index contributed by atoms with van der Waals surface area (Å²) in [5.74, 6) is 0.0708. The molecule has 22 heavy (non-hydrogen) atoms. The summed E-state index contributed by atoms with van der Waals surface area (Å²) in [4.78, 5) is 31.1. The number of nitrogens with zero attached hydrogens (tertiary/aromatic N) is 1. The van der Waals surface area contributed by atoms with Crippen molar-refractivity contribution in [1.82, 2.24) is 0 Å². The number of amides is 1. The first-order valence-corrected chi connectivity index (χ1v) is 8.35. The highest BCUT2D eigenvalue weighted by molar-refractivity contribution is 7.46. The van der Waals surface area contributed by atoms with E-state index >= 15 is 0 Å². The lowest BCUT2D eigenvalue weighted by atomic mass is 9.86. The first-order chi connectivity index (χ1) is 9.99. The second kappa shape index (κ2) is 5.66. The Morgan fingerprint density at radius 2 is 2.00 bits per heavy atom. The minimum atomic E-state index is -4.67. The van der Waals surface area contributed by atoms with Gasteiger partial charge in [-0.05, 0) is 30.0 Å². The van der Waals surface area contributed by atoms with Gasteiger partial charge in [0.1, 0.15) is 12.5 Å². The quantitative estimate of drug-likeness (QED) is 0.825. The maximum atomic E-state index is 12.2. The normalized spacial score (nSPS) is 18.9. The number of carbonyl (C=O) groups excluding carboxylic acids is 1. The molecule has 0 saturated carbocycles. The van der Waals surface area contributed by atoms with Crippen LogP contribution in [-0.4, -0.2) is 28.5 Å². The number of phosphoric ester groups is 1.